The minimum absolute atomic E-state index is 0.360. The molecule has 0 bridgehead atoms. The Bertz CT molecular complexity index is 637. The molecule has 1 saturated heterocycles. The van der Waals surface area contributed by atoms with E-state index < -0.39 is 0 Å². The molecule has 202 valence electrons. The van der Waals surface area contributed by atoms with Crippen LogP contribution in [0.3, 0.4) is 0 Å². The van der Waals surface area contributed by atoms with Crippen LogP contribution in [0.5, 0.6) is 0 Å². The van der Waals surface area contributed by atoms with Crippen molar-refractivity contribution in [3.63, 3.8) is 0 Å². The quantitative estimate of drug-likeness (QED) is 0.168. The first-order valence-electron chi connectivity index (χ1n) is 13.8. The molecule has 1 aromatic heterocycles. The summed E-state index contributed by atoms with van der Waals surface area (Å²) in [7, 11) is 2.22. The first-order chi connectivity index (χ1) is 17.2. The van der Waals surface area contributed by atoms with E-state index >= 15 is 0 Å². The standard InChI is InChI=1S/C27H51N5O3/c1-3-8-27(31-13-7-16-34-18-20-35-19-17-33-15-6-11-28)30-12-4-9-24-21-25(23-29-22-24)26-10-5-14-32(26)2/h21-23,26-27,30-31H,3-20,28H2,1-2H3/t26-,27?/m0/s1. The zero-order valence-electron chi connectivity index (χ0n) is 22.3. The Balaban J connectivity index is 1.48. The summed E-state index contributed by atoms with van der Waals surface area (Å²) < 4.78 is 16.6. The monoisotopic (exact) mass is 493 g/mol. The van der Waals surface area contributed by atoms with Gasteiger partial charge >= 0.3 is 0 Å². The average molecular weight is 494 g/mol. The van der Waals surface area contributed by atoms with Crippen LogP contribution in [-0.4, -0.2) is 88.9 Å². The van der Waals surface area contributed by atoms with E-state index in [1.54, 1.807) is 0 Å². The van der Waals surface area contributed by atoms with Crippen LogP contribution in [0.2, 0.25) is 0 Å². The van der Waals surface area contributed by atoms with Crippen molar-refractivity contribution in [2.75, 3.05) is 72.9 Å². The Kier molecular flexibility index (Phi) is 17.2. The Morgan fingerprint density at radius 2 is 1.69 bits per heavy atom. The lowest BCUT2D eigenvalue weighted by atomic mass is 10.0. The molecule has 8 heteroatoms. The Morgan fingerprint density at radius 3 is 2.34 bits per heavy atom. The van der Waals surface area contributed by atoms with Crippen LogP contribution >= 0.6 is 0 Å². The highest BCUT2D eigenvalue weighted by atomic mass is 16.5. The molecule has 1 aromatic rings. The molecule has 1 aliphatic heterocycles. The van der Waals surface area contributed by atoms with Gasteiger partial charge in [-0.1, -0.05) is 19.4 Å². The van der Waals surface area contributed by atoms with Crippen molar-refractivity contribution in [1.29, 1.82) is 0 Å². The molecule has 35 heavy (non-hydrogen) atoms. The van der Waals surface area contributed by atoms with E-state index in [4.69, 9.17) is 19.9 Å². The molecule has 4 N–H and O–H groups in total. The molecule has 2 atom stereocenters. The fraction of sp³-hybridized carbons (Fsp3) is 0.815. The zero-order valence-corrected chi connectivity index (χ0v) is 22.3. The number of aryl methyl sites for hydroxylation is 1. The van der Waals surface area contributed by atoms with Gasteiger partial charge in [-0.15, -0.1) is 0 Å². The van der Waals surface area contributed by atoms with Gasteiger partial charge < -0.3 is 30.6 Å². The molecule has 1 unspecified atom stereocenters. The van der Waals surface area contributed by atoms with E-state index in [1.165, 1.54) is 30.5 Å². The lowest BCUT2D eigenvalue weighted by molar-refractivity contribution is 0.0140. The van der Waals surface area contributed by atoms with Crippen LogP contribution in [0.4, 0.5) is 0 Å². The summed E-state index contributed by atoms with van der Waals surface area (Å²) in [6.45, 7) is 10.0. The van der Waals surface area contributed by atoms with Crippen LogP contribution in [-0.2, 0) is 20.6 Å². The van der Waals surface area contributed by atoms with Gasteiger partial charge in [0.1, 0.15) is 0 Å². The highest BCUT2D eigenvalue weighted by molar-refractivity contribution is 5.22. The van der Waals surface area contributed by atoms with Gasteiger partial charge in [0, 0.05) is 31.6 Å². The molecule has 8 nitrogen and oxygen atoms in total. The number of ether oxygens (including phenoxy) is 3. The van der Waals surface area contributed by atoms with Crippen molar-refractivity contribution < 1.29 is 14.2 Å². The summed E-state index contributed by atoms with van der Waals surface area (Å²) in [5.74, 6) is 0. The second-order valence-electron chi connectivity index (χ2n) is 9.45. The molecular formula is C27H51N5O3. The summed E-state index contributed by atoms with van der Waals surface area (Å²) in [5.41, 5.74) is 8.15. The number of likely N-dealkylation sites (tertiary alicyclic amines) is 1. The van der Waals surface area contributed by atoms with Crippen LogP contribution in [0, 0.1) is 0 Å². The van der Waals surface area contributed by atoms with Crippen molar-refractivity contribution in [2.24, 2.45) is 5.73 Å². The van der Waals surface area contributed by atoms with Gasteiger partial charge in [-0.05, 0) is 89.3 Å². The highest BCUT2D eigenvalue weighted by Crippen LogP contribution is 2.30. The largest absolute Gasteiger partial charge is 0.379 e. The lowest BCUT2D eigenvalue weighted by Gasteiger charge is -2.21. The molecule has 0 radical (unpaired) electrons. The topological polar surface area (TPSA) is 93.9 Å². The van der Waals surface area contributed by atoms with Crippen molar-refractivity contribution in [2.45, 2.75) is 70.5 Å². The van der Waals surface area contributed by atoms with Crippen molar-refractivity contribution in [3.05, 3.63) is 29.6 Å². The number of rotatable bonds is 22. The van der Waals surface area contributed by atoms with Crippen molar-refractivity contribution in [1.82, 2.24) is 20.5 Å². The SMILES string of the molecule is CCCC(NCCCOCCOCCOCCCN)NCCCc1cncc([C@@H]2CCCN2C)c1. The minimum atomic E-state index is 0.360. The predicted octanol–water partition coefficient (Wildman–Crippen LogP) is 2.88. The fourth-order valence-electron chi connectivity index (χ4n) is 4.47. The van der Waals surface area contributed by atoms with Crippen molar-refractivity contribution in [3.8, 4) is 0 Å². The maximum absolute atomic E-state index is 5.67. The summed E-state index contributed by atoms with van der Waals surface area (Å²) in [6.07, 6.45) is 13.4. The van der Waals surface area contributed by atoms with E-state index in [0.717, 1.165) is 58.2 Å². The third kappa shape index (κ3) is 13.7. The van der Waals surface area contributed by atoms with Gasteiger partial charge in [-0.2, -0.15) is 0 Å². The Hall–Kier alpha value is -1.13. The molecule has 0 aliphatic carbocycles. The number of hydrogen-bond acceptors (Lipinski definition) is 8. The zero-order chi connectivity index (χ0) is 25.0. The van der Waals surface area contributed by atoms with E-state index in [-0.39, 0.29) is 0 Å². The second-order valence-corrected chi connectivity index (χ2v) is 9.45. The third-order valence-electron chi connectivity index (χ3n) is 6.42. The Labute approximate surface area is 213 Å². The number of aromatic nitrogens is 1. The number of nitrogens with zero attached hydrogens (tertiary/aromatic N) is 2. The molecule has 2 heterocycles. The average Bonchev–Trinajstić information content (AvgIpc) is 3.30. The van der Waals surface area contributed by atoms with E-state index in [2.05, 4.69) is 40.6 Å². The molecule has 0 saturated carbocycles. The van der Waals surface area contributed by atoms with Crippen LogP contribution in [0.15, 0.2) is 18.5 Å². The fourth-order valence-corrected chi connectivity index (χ4v) is 4.47. The van der Waals surface area contributed by atoms with Gasteiger partial charge in [0.2, 0.25) is 0 Å². The molecule has 0 aromatic carbocycles. The lowest BCUT2D eigenvalue weighted by Crippen LogP contribution is -2.43. The molecule has 0 amide bonds. The normalized spacial score (nSPS) is 17.3. The van der Waals surface area contributed by atoms with E-state index in [1.807, 2.05) is 12.4 Å². The predicted molar refractivity (Wildman–Crippen MR) is 143 cm³/mol. The first-order valence-corrected chi connectivity index (χ1v) is 13.8. The number of hydrogen-bond donors (Lipinski definition) is 3. The van der Waals surface area contributed by atoms with Crippen LogP contribution in [0.25, 0.3) is 0 Å². The van der Waals surface area contributed by atoms with E-state index in [0.29, 0.717) is 51.8 Å². The summed E-state index contributed by atoms with van der Waals surface area (Å²) in [5, 5.41) is 7.33. The summed E-state index contributed by atoms with van der Waals surface area (Å²) in [4.78, 5) is 6.97. The van der Waals surface area contributed by atoms with Gasteiger partial charge in [-0.3, -0.25) is 9.88 Å². The number of nitrogens with one attached hydrogen (secondary N) is 2. The van der Waals surface area contributed by atoms with Crippen LogP contribution < -0.4 is 16.4 Å². The van der Waals surface area contributed by atoms with E-state index in [9.17, 15) is 0 Å². The molecule has 1 fully saturated rings. The molecule has 1 aliphatic rings. The first kappa shape index (κ1) is 30.1. The van der Waals surface area contributed by atoms with Crippen LogP contribution in [0.1, 0.15) is 69.0 Å². The van der Waals surface area contributed by atoms with Gasteiger partial charge in [0.05, 0.1) is 32.6 Å². The second kappa shape index (κ2) is 20.0. The maximum atomic E-state index is 5.67. The molecule has 2 rings (SSSR count). The highest BCUT2D eigenvalue weighted by Gasteiger charge is 2.22. The van der Waals surface area contributed by atoms with Gasteiger partial charge in [-0.25, -0.2) is 0 Å². The minimum Gasteiger partial charge on any atom is -0.379 e. The summed E-state index contributed by atoms with van der Waals surface area (Å²) in [6, 6.07) is 2.91. The van der Waals surface area contributed by atoms with Crippen molar-refractivity contribution >= 4 is 0 Å². The maximum Gasteiger partial charge on any atom is 0.0701 e. The Morgan fingerprint density at radius 1 is 1.00 bits per heavy atom. The smallest absolute Gasteiger partial charge is 0.0701 e. The number of pyridine rings is 1. The van der Waals surface area contributed by atoms with Gasteiger partial charge in [0.15, 0.2) is 0 Å². The third-order valence-corrected chi connectivity index (χ3v) is 6.42. The number of nitrogens with two attached hydrogens (primary N) is 1. The van der Waals surface area contributed by atoms with Gasteiger partial charge in [0.25, 0.3) is 0 Å². The molecule has 0 spiro atoms. The summed E-state index contributed by atoms with van der Waals surface area (Å²) >= 11 is 0. The molecular weight excluding hydrogens is 442 g/mol.